The highest BCUT2D eigenvalue weighted by Crippen LogP contribution is 2.30. The Morgan fingerprint density at radius 2 is 1.88 bits per heavy atom. The van der Waals surface area contributed by atoms with Gasteiger partial charge < -0.3 is 4.74 Å². The van der Waals surface area contributed by atoms with E-state index in [4.69, 9.17) is 4.74 Å². The van der Waals surface area contributed by atoms with E-state index in [0.717, 1.165) is 33.1 Å². The maximum absolute atomic E-state index is 12.4. The van der Waals surface area contributed by atoms with Crippen molar-refractivity contribution in [1.82, 2.24) is 0 Å². The van der Waals surface area contributed by atoms with Crippen molar-refractivity contribution in [3.8, 4) is 0 Å². The van der Waals surface area contributed by atoms with Crippen molar-refractivity contribution in [1.29, 1.82) is 0 Å². The van der Waals surface area contributed by atoms with Crippen molar-refractivity contribution >= 4 is 49.1 Å². The number of aryl methyl sites for hydroxylation is 2. The van der Waals surface area contributed by atoms with Crippen LogP contribution in [0.15, 0.2) is 18.2 Å². The molecule has 0 saturated heterocycles. The molecule has 0 saturated carbocycles. The van der Waals surface area contributed by atoms with E-state index in [2.05, 4.69) is 35.0 Å². The number of fused-ring (bicyclic) bond motifs is 1. The molecule has 0 atom stereocenters. The van der Waals surface area contributed by atoms with Crippen LogP contribution in [0.4, 0.5) is 0 Å². The van der Waals surface area contributed by atoms with Gasteiger partial charge in [0.2, 0.25) is 0 Å². The Morgan fingerprint density at radius 1 is 1.16 bits per heavy atom. The summed E-state index contributed by atoms with van der Waals surface area (Å²) >= 11 is 4.98. The highest BCUT2D eigenvalue weighted by Gasteiger charge is 2.18. The minimum atomic E-state index is -0.513. The average Bonchev–Trinajstić information content (AvgIpc) is 2.91. The van der Waals surface area contributed by atoms with Gasteiger partial charge >= 0.3 is 5.97 Å². The second-order valence-electron chi connectivity index (χ2n) is 7.23. The summed E-state index contributed by atoms with van der Waals surface area (Å²) in [6, 6.07) is 6.29. The van der Waals surface area contributed by atoms with Gasteiger partial charge in [0.25, 0.3) is 0 Å². The first-order valence-electron chi connectivity index (χ1n) is 8.53. The second kappa shape index (κ2) is 8.45. The van der Waals surface area contributed by atoms with Crippen LogP contribution < -0.4 is 0 Å². The molecule has 1 aromatic heterocycles. The Labute approximate surface area is 161 Å². The molecule has 136 valence electrons. The van der Waals surface area contributed by atoms with Crippen LogP contribution >= 0.6 is 27.3 Å². The number of esters is 1. The average molecular weight is 425 g/mol. The number of hydrogen-bond donors (Lipinski definition) is 0. The molecule has 1 heterocycles. The Balaban J connectivity index is 2.07. The van der Waals surface area contributed by atoms with Gasteiger partial charge in [-0.2, -0.15) is 0 Å². The third-order valence-corrected chi connectivity index (χ3v) is 5.51. The summed E-state index contributed by atoms with van der Waals surface area (Å²) in [6.45, 7) is 7.60. The van der Waals surface area contributed by atoms with E-state index in [0.29, 0.717) is 0 Å². The number of benzene rings is 1. The standard InChI is InChI=1S/C20H25BrO3S/c1-13-10-15-12-18(25-17(15)11-14(13)6-5-9-21)16(22)7-8-19(23)24-20(2,3)4/h10-12H,5-9H2,1-4H3. The molecule has 5 heteroatoms. The predicted octanol–water partition coefficient (Wildman–Crippen LogP) is 5.84. The third-order valence-electron chi connectivity index (χ3n) is 3.81. The van der Waals surface area contributed by atoms with Gasteiger partial charge in [0.05, 0.1) is 11.3 Å². The Hall–Kier alpha value is -1.20. The summed E-state index contributed by atoms with van der Waals surface area (Å²) in [5, 5.41) is 2.09. The zero-order chi connectivity index (χ0) is 18.6. The lowest BCUT2D eigenvalue weighted by Crippen LogP contribution is -2.24. The summed E-state index contributed by atoms with van der Waals surface area (Å²) in [6.07, 6.45) is 2.45. The van der Waals surface area contributed by atoms with Crippen molar-refractivity contribution < 1.29 is 14.3 Å². The fraction of sp³-hybridized carbons (Fsp3) is 0.500. The molecule has 0 N–H and O–H groups in total. The number of alkyl halides is 1. The quantitative estimate of drug-likeness (QED) is 0.318. The van der Waals surface area contributed by atoms with E-state index in [1.54, 1.807) is 0 Å². The summed E-state index contributed by atoms with van der Waals surface area (Å²) < 4.78 is 6.40. The molecule has 0 aliphatic heterocycles. The van der Waals surface area contributed by atoms with Gasteiger partial charge in [0, 0.05) is 16.5 Å². The highest BCUT2D eigenvalue weighted by atomic mass is 79.9. The van der Waals surface area contributed by atoms with E-state index in [-0.39, 0.29) is 24.6 Å². The normalized spacial score (nSPS) is 11.7. The van der Waals surface area contributed by atoms with Gasteiger partial charge in [-0.15, -0.1) is 11.3 Å². The van der Waals surface area contributed by atoms with Crippen LogP contribution in [0, 0.1) is 6.92 Å². The Kier molecular flexibility index (Phi) is 6.80. The SMILES string of the molecule is Cc1cc2cc(C(=O)CCC(=O)OC(C)(C)C)sc2cc1CCCBr. The zero-order valence-corrected chi connectivity index (χ0v) is 17.7. The van der Waals surface area contributed by atoms with E-state index < -0.39 is 5.60 Å². The van der Waals surface area contributed by atoms with Crippen LogP contribution in [0.5, 0.6) is 0 Å². The maximum Gasteiger partial charge on any atom is 0.306 e. The Morgan fingerprint density at radius 3 is 2.52 bits per heavy atom. The number of carbonyl (C=O) groups excluding carboxylic acids is 2. The third kappa shape index (κ3) is 5.93. The van der Waals surface area contributed by atoms with E-state index in [1.165, 1.54) is 22.5 Å². The first-order chi connectivity index (χ1) is 11.7. The molecule has 1 aromatic carbocycles. The van der Waals surface area contributed by atoms with Gasteiger partial charge in [-0.3, -0.25) is 9.59 Å². The summed E-state index contributed by atoms with van der Waals surface area (Å²) in [5.41, 5.74) is 2.08. The van der Waals surface area contributed by atoms with Gasteiger partial charge in [-0.25, -0.2) is 0 Å². The highest BCUT2D eigenvalue weighted by molar-refractivity contribution is 9.09. The van der Waals surface area contributed by atoms with E-state index in [1.807, 2.05) is 26.8 Å². The lowest BCUT2D eigenvalue weighted by atomic mass is 10.0. The molecule has 25 heavy (non-hydrogen) atoms. The van der Waals surface area contributed by atoms with Gasteiger partial charge in [0.1, 0.15) is 5.60 Å². The molecule has 2 rings (SSSR count). The van der Waals surface area contributed by atoms with Crippen molar-refractivity contribution in [3.05, 3.63) is 34.2 Å². The monoisotopic (exact) mass is 424 g/mol. The van der Waals surface area contributed by atoms with Crippen LogP contribution in [0.2, 0.25) is 0 Å². The lowest BCUT2D eigenvalue weighted by Gasteiger charge is -2.19. The molecule has 0 fully saturated rings. The molecule has 3 nitrogen and oxygen atoms in total. The van der Waals surface area contributed by atoms with E-state index >= 15 is 0 Å². The van der Waals surface area contributed by atoms with Crippen LogP contribution in [-0.4, -0.2) is 22.7 Å². The summed E-state index contributed by atoms with van der Waals surface area (Å²) in [5.74, 6) is -0.318. The molecule has 2 aromatic rings. The maximum atomic E-state index is 12.4. The zero-order valence-electron chi connectivity index (χ0n) is 15.3. The van der Waals surface area contributed by atoms with Gasteiger partial charge in [-0.05, 0) is 69.2 Å². The Bertz CT molecular complexity index is 771. The lowest BCUT2D eigenvalue weighted by molar-refractivity contribution is -0.154. The minimum absolute atomic E-state index is 0.00622. The molecular formula is C20H25BrO3S. The number of rotatable bonds is 7. The molecule has 0 spiro atoms. The van der Waals surface area contributed by atoms with Crippen LogP contribution in [-0.2, 0) is 16.0 Å². The van der Waals surface area contributed by atoms with Crippen molar-refractivity contribution in [2.45, 2.75) is 59.0 Å². The molecule has 0 amide bonds. The van der Waals surface area contributed by atoms with Crippen molar-refractivity contribution in [3.63, 3.8) is 0 Å². The summed E-state index contributed by atoms with van der Waals surface area (Å²) in [7, 11) is 0. The van der Waals surface area contributed by atoms with Crippen molar-refractivity contribution in [2.75, 3.05) is 5.33 Å². The number of hydrogen-bond acceptors (Lipinski definition) is 4. The van der Waals surface area contributed by atoms with Crippen LogP contribution in [0.25, 0.3) is 10.1 Å². The minimum Gasteiger partial charge on any atom is -0.460 e. The number of halogens is 1. The largest absolute Gasteiger partial charge is 0.460 e. The van der Waals surface area contributed by atoms with Crippen LogP contribution in [0.1, 0.15) is 60.8 Å². The molecule has 0 aliphatic carbocycles. The predicted molar refractivity (Wildman–Crippen MR) is 108 cm³/mol. The number of Topliss-reactive ketones (excluding diaryl/α,β-unsaturated/α-hetero) is 1. The molecule has 0 aliphatic rings. The second-order valence-corrected chi connectivity index (χ2v) is 9.11. The smallest absolute Gasteiger partial charge is 0.306 e. The molecule has 0 radical (unpaired) electrons. The first kappa shape index (κ1) is 20.1. The van der Waals surface area contributed by atoms with E-state index in [9.17, 15) is 9.59 Å². The number of ketones is 1. The van der Waals surface area contributed by atoms with Crippen LogP contribution in [0.3, 0.4) is 0 Å². The number of carbonyl (C=O) groups is 2. The fourth-order valence-corrected chi connectivity index (χ4v) is 3.99. The number of ether oxygens (including phenoxy) is 1. The number of thiophene rings is 1. The summed E-state index contributed by atoms with van der Waals surface area (Å²) in [4.78, 5) is 24.9. The molecular weight excluding hydrogens is 400 g/mol. The fourth-order valence-electron chi connectivity index (χ4n) is 2.64. The first-order valence-corrected chi connectivity index (χ1v) is 10.5. The topological polar surface area (TPSA) is 43.4 Å². The molecule has 0 unspecified atom stereocenters. The van der Waals surface area contributed by atoms with Gasteiger partial charge in [-0.1, -0.05) is 22.0 Å². The molecule has 0 bridgehead atoms. The van der Waals surface area contributed by atoms with Crippen molar-refractivity contribution in [2.24, 2.45) is 0 Å². The van der Waals surface area contributed by atoms with Gasteiger partial charge in [0.15, 0.2) is 5.78 Å².